The Hall–Kier alpha value is -1.07. The highest BCUT2D eigenvalue weighted by atomic mass is 32.1. The molecular weight excluding hydrogens is 232 g/mol. The largest absolute Gasteiger partial charge is 0.330 e. The number of hydrogen-bond donors (Lipinski definition) is 1. The molecule has 1 atom stereocenters. The molecule has 17 heavy (non-hydrogen) atoms. The highest BCUT2D eigenvalue weighted by Gasteiger charge is 2.13. The molecule has 92 valence electrons. The molecule has 2 rings (SSSR count). The number of rotatable bonds is 5. The molecular formula is C12H18N4S. The molecule has 0 amide bonds. The Labute approximate surface area is 105 Å². The van der Waals surface area contributed by atoms with Crippen LogP contribution in [0.4, 0.5) is 0 Å². The molecule has 0 saturated heterocycles. The van der Waals surface area contributed by atoms with E-state index in [4.69, 9.17) is 5.73 Å². The van der Waals surface area contributed by atoms with Crippen LogP contribution in [-0.4, -0.2) is 21.5 Å². The van der Waals surface area contributed by atoms with Crippen LogP contribution in [-0.2, 0) is 6.42 Å². The Morgan fingerprint density at radius 3 is 2.71 bits per heavy atom. The molecule has 0 saturated carbocycles. The molecule has 0 aliphatic carbocycles. The van der Waals surface area contributed by atoms with Crippen molar-refractivity contribution in [1.29, 1.82) is 0 Å². The SMILES string of the molecule is CC(C)CC(CN)Cc1nc2nccnc2s1. The maximum absolute atomic E-state index is 5.81. The van der Waals surface area contributed by atoms with Gasteiger partial charge in [0.2, 0.25) is 0 Å². The highest BCUT2D eigenvalue weighted by Crippen LogP contribution is 2.22. The maximum Gasteiger partial charge on any atom is 0.189 e. The summed E-state index contributed by atoms with van der Waals surface area (Å²) < 4.78 is 0. The van der Waals surface area contributed by atoms with Gasteiger partial charge in [0.25, 0.3) is 0 Å². The summed E-state index contributed by atoms with van der Waals surface area (Å²) >= 11 is 1.63. The van der Waals surface area contributed by atoms with Gasteiger partial charge in [-0.2, -0.15) is 0 Å². The first kappa shape index (κ1) is 12.4. The molecule has 0 aliphatic heterocycles. The normalized spacial score (nSPS) is 13.4. The smallest absolute Gasteiger partial charge is 0.189 e. The molecule has 0 aliphatic rings. The van der Waals surface area contributed by atoms with Gasteiger partial charge in [-0.15, -0.1) is 0 Å². The summed E-state index contributed by atoms with van der Waals surface area (Å²) in [4.78, 5) is 13.9. The fourth-order valence-corrected chi connectivity index (χ4v) is 2.96. The molecule has 2 N–H and O–H groups in total. The van der Waals surface area contributed by atoms with Gasteiger partial charge in [0.05, 0.1) is 5.01 Å². The summed E-state index contributed by atoms with van der Waals surface area (Å²) in [6, 6.07) is 0. The van der Waals surface area contributed by atoms with Crippen LogP contribution >= 0.6 is 11.3 Å². The van der Waals surface area contributed by atoms with Gasteiger partial charge >= 0.3 is 0 Å². The average molecular weight is 250 g/mol. The van der Waals surface area contributed by atoms with Crippen LogP contribution in [0.2, 0.25) is 0 Å². The van der Waals surface area contributed by atoms with Crippen molar-refractivity contribution < 1.29 is 0 Å². The van der Waals surface area contributed by atoms with Gasteiger partial charge in [-0.3, -0.25) is 0 Å². The fourth-order valence-electron chi connectivity index (χ4n) is 1.98. The second-order valence-corrected chi connectivity index (χ2v) is 5.79. The zero-order valence-corrected chi connectivity index (χ0v) is 11.1. The first-order valence-electron chi connectivity index (χ1n) is 5.95. The minimum absolute atomic E-state index is 0.510. The second kappa shape index (κ2) is 5.51. The van der Waals surface area contributed by atoms with Crippen LogP contribution < -0.4 is 5.73 Å². The van der Waals surface area contributed by atoms with Gasteiger partial charge in [-0.25, -0.2) is 15.0 Å². The molecule has 5 heteroatoms. The van der Waals surface area contributed by atoms with Crippen molar-refractivity contribution in [3.63, 3.8) is 0 Å². The van der Waals surface area contributed by atoms with Crippen LogP contribution in [0, 0.1) is 11.8 Å². The number of fused-ring (bicyclic) bond motifs is 1. The fraction of sp³-hybridized carbons (Fsp3) is 0.583. The van der Waals surface area contributed by atoms with Gasteiger partial charge in [-0.1, -0.05) is 25.2 Å². The number of nitrogens with two attached hydrogens (primary N) is 1. The summed E-state index contributed by atoms with van der Waals surface area (Å²) in [5.41, 5.74) is 6.57. The number of aromatic nitrogens is 3. The zero-order valence-electron chi connectivity index (χ0n) is 10.3. The van der Waals surface area contributed by atoms with Gasteiger partial charge in [0, 0.05) is 18.8 Å². The molecule has 2 aromatic rings. The minimum atomic E-state index is 0.510. The number of nitrogens with zero attached hydrogens (tertiary/aromatic N) is 3. The summed E-state index contributed by atoms with van der Waals surface area (Å²) in [6.45, 7) is 5.17. The van der Waals surface area contributed by atoms with Crippen molar-refractivity contribution in [3.05, 3.63) is 17.4 Å². The summed E-state index contributed by atoms with van der Waals surface area (Å²) in [7, 11) is 0. The molecule has 0 fully saturated rings. The lowest BCUT2D eigenvalue weighted by atomic mass is 9.95. The number of thiazole rings is 1. The molecule has 0 spiro atoms. The Morgan fingerprint density at radius 1 is 1.29 bits per heavy atom. The van der Waals surface area contributed by atoms with E-state index in [0.717, 1.165) is 34.9 Å². The summed E-state index contributed by atoms with van der Waals surface area (Å²) in [5, 5.41) is 1.10. The van der Waals surface area contributed by atoms with Crippen molar-refractivity contribution in [2.24, 2.45) is 17.6 Å². The van der Waals surface area contributed by atoms with Crippen molar-refractivity contribution in [2.75, 3.05) is 6.54 Å². The van der Waals surface area contributed by atoms with E-state index in [1.54, 1.807) is 23.7 Å². The van der Waals surface area contributed by atoms with E-state index in [1.807, 2.05) is 0 Å². The third-order valence-corrected chi connectivity index (χ3v) is 3.67. The zero-order chi connectivity index (χ0) is 12.3. The predicted octanol–water partition coefficient (Wildman–Crippen LogP) is 2.25. The lowest BCUT2D eigenvalue weighted by Gasteiger charge is -2.15. The van der Waals surface area contributed by atoms with Gasteiger partial charge < -0.3 is 5.73 Å². The molecule has 2 aromatic heterocycles. The Bertz CT molecular complexity index is 447. The number of hydrogen-bond acceptors (Lipinski definition) is 5. The van der Waals surface area contributed by atoms with Gasteiger partial charge in [-0.05, 0) is 24.8 Å². The van der Waals surface area contributed by atoms with Crippen LogP contribution in [0.5, 0.6) is 0 Å². The lowest BCUT2D eigenvalue weighted by molar-refractivity contribution is 0.414. The van der Waals surface area contributed by atoms with Crippen molar-refractivity contribution in [3.8, 4) is 0 Å². The highest BCUT2D eigenvalue weighted by molar-refractivity contribution is 7.18. The van der Waals surface area contributed by atoms with E-state index in [-0.39, 0.29) is 0 Å². The van der Waals surface area contributed by atoms with E-state index < -0.39 is 0 Å². The third kappa shape index (κ3) is 3.20. The Morgan fingerprint density at radius 2 is 2.06 bits per heavy atom. The van der Waals surface area contributed by atoms with E-state index in [2.05, 4.69) is 28.8 Å². The van der Waals surface area contributed by atoms with Crippen LogP contribution in [0.3, 0.4) is 0 Å². The standard InChI is InChI=1S/C12H18N4S/c1-8(2)5-9(7-13)6-10-16-11-12(17-10)15-4-3-14-11/h3-4,8-9H,5-7,13H2,1-2H3. The van der Waals surface area contributed by atoms with Gasteiger partial charge in [0.15, 0.2) is 10.5 Å². The van der Waals surface area contributed by atoms with E-state index in [0.29, 0.717) is 11.8 Å². The third-order valence-electron chi connectivity index (χ3n) is 2.69. The lowest BCUT2D eigenvalue weighted by Crippen LogP contribution is -2.18. The van der Waals surface area contributed by atoms with Gasteiger partial charge in [0.1, 0.15) is 0 Å². The molecule has 2 heterocycles. The van der Waals surface area contributed by atoms with E-state index in [9.17, 15) is 0 Å². The quantitative estimate of drug-likeness (QED) is 0.884. The predicted molar refractivity (Wildman–Crippen MR) is 70.9 cm³/mol. The molecule has 0 radical (unpaired) electrons. The monoisotopic (exact) mass is 250 g/mol. The topological polar surface area (TPSA) is 64.7 Å². The molecule has 1 unspecified atom stereocenters. The van der Waals surface area contributed by atoms with E-state index in [1.165, 1.54) is 0 Å². The van der Waals surface area contributed by atoms with Crippen molar-refractivity contribution >= 4 is 21.8 Å². The average Bonchev–Trinajstić information content (AvgIpc) is 2.69. The van der Waals surface area contributed by atoms with Crippen molar-refractivity contribution in [1.82, 2.24) is 15.0 Å². The van der Waals surface area contributed by atoms with Crippen LogP contribution in [0.15, 0.2) is 12.4 Å². The summed E-state index contributed by atoms with van der Waals surface area (Å²) in [6.07, 6.45) is 5.48. The second-order valence-electron chi connectivity index (χ2n) is 4.73. The first-order valence-corrected chi connectivity index (χ1v) is 6.77. The minimum Gasteiger partial charge on any atom is -0.330 e. The Kier molecular flexibility index (Phi) is 4.02. The first-order chi connectivity index (χ1) is 8.19. The van der Waals surface area contributed by atoms with Crippen molar-refractivity contribution in [2.45, 2.75) is 26.7 Å². The molecule has 4 nitrogen and oxygen atoms in total. The molecule has 0 aromatic carbocycles. The summed E-state index contributed by atoms with van der Waals surface area (Å²) in [5.74, 6) is 1.18. The Balaban J connectivity index is 2.11. The van der Waals surface area contributed by atoms with E-state index >= 15 is 0 Å². The molecule has 0 bridgehead atoms. The maximum atomic E-state index is 5.81. The van der Waals surface area contributed by atoms with Crippen LogP contribution in [0.1, 0.15) is 25.3 Å². The van der Waals surface area contributed by atoms with Crippen LogP contribution in [0.25, 0.3) is 10.5 Å².